The van der Waals surface area contributed by atoms with Crippen LogP contribution in [-0.2, 0) is 89.3 Å². The summed E-state index contributed by atoms with van der Waals surface area (Å²) in [6, 6.07) is 4.62. The molecule has 1 heterocycles. The van der Waals surface area contributed by atoms with Crippen LogP contribution in [0.15, 0.2) is 48.5 Å². The standard InChI is InChI=1S/C74H111F3N8O29S/c1-40-28-42(30-46(29-40)74(75,76)77)38-114-59-11-6-23-85(64(59)43-8-4-3-5-9-43)35-48(89)10-7-24-112-26-27-113-25-22-47(88)31-44(12-20-62(98)99)70(107)83-51(16-19-61(97)80-34-56(93)66(103)68(105)58(95)37-87)54(91)32-45(13-21-63(100)101)71(108)82-50(15-18-60(96)79-33-55(92)65(102)67(104)57(94)36-86)53(90)17-14-49(78)72(109)81-41(2)69(106)84-52(39-115)73(110)111/h3-5,8-9,28-30,41,44-45,49-52,55-59,64-68,86-87,92-95,102-105,115H,6-7,10-27,31-39,78H2,1-2H3,(H,79,96)(H,80,97)(H,81,109)(H,82,108)(H,83,107)(H,84,106)(H,98,99)(H,100,101)(H,110,111)/t41-,44-,45-,49-,50+,51+,52-,55-,56-,57+,58+,59-,64-,65+,66+,67+,68+/m0/s1. The van der Waals surface area contributed by atoms with E-state index in [2.05, 4.69) is 44.5 Å². The fourth-order valence-corrected chi connectivity index (χ4v) is 12.4. The van der Waals surface area contributed by atoms with Crippen molar-refractivity contribution in [3.05, 3.63) is 70.8 Å². The Morgan fingerprint density at radius 1 is 0.574 bits per heavy atom. The Bertz CT molecular complexity index is 3460. The van der Waals surface area contributed by atoms with Crippen LogP contribution in [0.2, 0.25) is 0 Å². The normalized spacial score (nSPS) is 17.8. The molecule has 2 aromatic carbocycles. The summed E-state index contributed by atoms with van der Waals surface area (Å²) in [5.41, 5.74) is 6.94. The molecule has 2 aromatic rings. The number of thiol groups is 1. The molecule has 0 aromatic heterocycles. The molecule has 17 atom stereocenters. The van der Waals surface area contributed by atoms with Gasteiger partial charge in [0.1, 0.15) is 60.3 Å². The van der Waals surface area contributed by atoms with Gasteiger partial charge < -0.3 is 118 Å². The second-order valence-electron chi connectivity index (χ2n) is 28.1. The molecule has 0 unspecified atom stereocenters. The van der Waals surface area contributed by atoms with Gasteiger partial charge in [-0.15, -0.1) is 0 Å². The number of halogens is 3. The number of aliphatic carboxylic acids is 3. The van der Waals surface area contributed by atoms with E-state index in [0.29, 0.717) is 36.9 Å². The van der Waals surface area contributed by atoms with Crippen molar-refractivity contribution in [1.82, 2.24) is 36.8 Å². The molecule has 0 radical (unpaired) electrons. The number of nitrogens with one attached hydrogen (secondary N) is 6. The van der Waals surface area contributed by atoms with E-state index in [1.165, 1.54) is 6.92 Å². The van der Waals surface area contributed by atoms with Crippen LogP contribution in [0.25, 0.3) is 0 Å². The first-order valence-corrected chi connectivity index (χ1v) is 38.1. The van der Waals surface area contributed by atoms with Crippen LogP contribution >= 0.6 is 12.6 Å². The average Bonchev–Trinajstić information content (AvgIpc) is 0.807. The van der Waals surface area contributed by atoms with E-state index in [0.717, 1.165) is 17.7 Å². The van der Waals surface area contributed by atoms with Crippen LogP contribution in [0.3, 0.4) is 0 Å². The monoisotopic (exact) mass is 1660 g/mol. The van der Waals surface area contributed by atoms with Crippen LogP contribution < -0.4 is 37.6 Å². The fraction of sp³-hybridized carbons (Fsp3) is 0.662. The molecule has 1 aliphatic heterocycles. The number of hydrogen-bond acceptors (Lipinski definition) is 29. The van der Waals surface area contributed by atoms with E-state index in [4.69, 9.17) is 25.1 Å². The quantitative estimate of drug-likeness (QED) is 0.0228. The highest BCUT2D eigenvalue weighted by atomic mass is 32.1. The predicted octanol–water partition coefficient (Wildman–Crippen LogP) is -3.30. The number of alkyl halides is 3. The van der Waals surface area contributed by atoms with Gasteiger partial charge in [-0.3, -0.25) is 62.4 Å². The zero-order chi connectivity index (χ0) is 86.2. The first kappa shape index (κ1) is 101. The molecule has 37 nitrogen and oxygen atoms in total. The summed E-state index contributed by atoms with van der Waals surface area (Å²) in [7, 11) is 0. The van der Waals surface area contributed by atoms with Gasteiger partial charge in [-0.2, -0.15) is 25.8 Å². The third-order valence-electron chi connectivity index (χ3n) is 18.8. The molecule has 648 valence electrons. The number of rotatable bonds is 59. The minimum Gasteiger partial charge on any atom is -0.481 e. The van der Waals surface area contributed by atoms with Crippen molar-refractivity contribution in [2.45, 2.75) is 227 Å². The number of amides is 6. The van der Waals surface area contributed by atoms with Gasteiger partial charge in [0.25, 0.3) is 0 Å². The van der Waals surface area contributed by atoms with E-state index >= 15 is 0 Å². The maximum Gasteiger partial charge on any atom is 0.416 e. The number of carboxylic acids is 3. The molecule has 0 aliphatic carbocycles. The van der Waals surface area contributed by atoms with E-state index in [-0.39, 0.29) is 70.0 Å². The highest BCUT2D eigenvalue weighted by molar-refractivity contribution is 7.80. The summed E-state index contributed by atoms with van der Waals surface area (Å²) in [4.78, 5) is 174. The van der Waals surface area contributed by atoms with Gasteiger partial charge in [0, 0.05) is 95.1 Å². The molecule has 0 bridgehead atoms. The lowest BCUT2D eigenvalue weighted by molar-refractivity contribution is -0.141. The van der Waals surface area contributed by atoms with E-state index < -0.39 is 283 Å². The molecular formula is C74H111F3N8O29S. The van der Waals surface area contributed by atoms with Crippen LogP contribution in [0.1, 0.15) is 144 Å². The number of carbonyl (C=O) groups excluding carboxylic acids is 10. The summed E-state index contributed by atoms with van der Waals surface area (Å²) in [5.74, 6) is -17.2. The number of carboxylic acid groups (broad SMARTS) is 3. The summed E-state index contributed by atoms with van der Waals surface area (Å²) < 4.78 is 58.5. The molecule has 1 fully saturated rings. The van der Waals surface area contributed by atoms with E-state index in [1.807, 2.05) is 35.2 Å². The predicted molar refractivity (Wildman–Crippen MR) is 399 cm³/mol. The maximum absolute atomic E-state index is 14.6. The largest absolute Gasteiger partial charge is 0.481 e. The van der Waals surface area contributed by atoms with Crippen molar-refractivity contribution in [2.75, 3.05) is 71.6 Å². The third-order valence-corrected chi connectivity index (χ3v) is 19.2. The van der Waals surface area contributed by atoms with Crippen LogP contribution in [0.4, 0.5) is 13.2 Å². The van der Waals surface area contributed by atoms with Crippen molar-refractivity contribution >= 4 is 89.1 Å². The Kier molecular flexibility index (Phi) is 46.2. The minimum absolute atomic E-state index is 0.0119. The second-order valence-corrected chi connectivity index (χ2v) is 28.5. The molecule has 0 spiro atoms. The number of benzene rings is 2. The lowest BCUT2D eigenvalue weighted by atomic mass is 9.90. The van der Waals surface area contributed by atoms with Gasteiger partial charge >= 0.3 is 24.1 Å². The minimum atomic E-state index is -4.54. The van der Waals surface area contributed by atoms with Gasteiger partial charge in [0.2, 0.25) is 35.4 Å². The molecule has 1 saturated heterocycles. The molecule has 1 aliphatic rings. The summed E-state index contributed by atoms with van der Waals surface area (Å²) in [5, 5.41) is 142. The van der Waals surface area contributed by atoms with Crippen molar-refractivity contribution in [3.8, 4) is 0 Å². The number of nitrogens with zero attached hydrogens (tertiary/aromatic N) is 1. The fourth-order valence-electron chi connectivity index (χ4n) is 12.2. The summed E-state index contributed by atoms with van der Waals surface area (Å²) in [6.07, 6.45) is -28.5. The molecule has 115 heavy (non-hydrogen) atoms. The van der Waals surface area contributed by atoms with Crippen molar-refractivity contribution in [1.29, 1.82) is 0 Å². The Hall–Kier alpha value is -8.11. The number of ether oxygens (including phenoxy) is 3. The number of piperidine rings is 1. The molecule has 41 heteroatoms. The van der Waals surface area contributed by atoms with Gasteiger partial charge in [0.15, 0.2) is 11.6 Å². The highest BCUT2D eigenvalue weighted by Gasteiger charge is 2.39. The zero-order valence-electron chi connectivity index (χ0n) is 63.9. The molecule has 6 amide bonds. The van der Waals surface area contributed by atoms with Crippen molar-refractivity contribution in [3.63, 3.8) is 0 Å². The van der Waals surface area contributed by atoms with Crippen molar-refractivity contribution in [2.24, 2.45) is 17.6 Å². The van der Waals surface area contributed by atoms with Gasteiger partial charge in [-0.25, -0.2) is 4.79 Å². The molecular weight excluding hydrogens is 1550 g/mol. The number of nitrogens with two attached hydrogens (primary N) is 1. The number of Topliss-reactive ketones (excluding diaryl/α,β-unsaturated/α-hetero) is 4. The maximum atomic E-state index is 14.6. The van der Waals surface area contributed by atoms with Crippen LogP contribution in [-0.4, -0.2) is 304 Å². The van der Waals surface area contributed by atoms with Gasteiger partial charge in [0.05, 0.1) is 94.2 Å². The number of likely N-dealkylation sites (tertiary alicyclic amines) is 1. The zero-order valence-corrected chi connectivity index (χ0v) is 64.8. The average molecular weight is 1670 g/mol. The molecule has 0 saturated carbocycles. The third kappa shape index (κ3) is 37.8. The lowest BCUT2D eigenvalue weighted by Crippen LogP contribution is -2.53. The highest BCUT2D eigenvalue weighted by Crippen LogP contribution is 2.36. The number of ketones is 4. The van der Waals surface area contributed by atoms with Crippen LogP contribution in [0.5, 0.6) is 0 Å². The lowest BCUT2D eigenvalue weighted by Gasteiger charge is -2.41. The number of aryl methyl sites for hydroxylation is 1. The molecule has 3 rings (SSSR count). The summed E-state index contributed by atoms with van der Waals surface area (Å²) in [6.45, 7) is -0.561. The van der Waals surface area contributed by atoms with E-state index in [1.54, 1.807) is 13.0 Å². The van der Waals surface area contributed by atoms with Crippen LogP contribution in [0, 0.1) is 18.8 Å². The Balaban J connectivity index is 1.80. The molecule has 21 N–H and O–H groups in total. The Labute approximate surface area is 666 Å². The topological polar surface area (TPSA) is 614 Å². The van der Waals surface area contributed by atoms with Gasteiger partial charge in [-0.05, 0) is 95.0 Å². The SMILES string of the molecule is Cc1cc(CO[C@H]2CCCN(CC(=O)CCCOCCOCCC(=O)C[C@H](CCC(=O)O)C(=O)N[C@H](CCC(=O)NC[C@H](O)[C@@H](O)[C@H](O)[C@H](O)CO)C(=O)C[C@H](CCC(=O)O)C(=O)N[C@H](CCC(=O)NC[C@H](O)[C@@H](O)[C@H](O)[C@H](O)CO)C(=O)CC[C@H](N)C(=O)N[C@@H](C)C(=O)N[C@@H](CS)C(=O)O)[C@H]2c2ccccc2)cc(C(F)(F)F)c1. The van der Waals surface area contributed by atoms with Crippen molar-refractivity contribution < 1.29 is 156 Å². The van der Waals surface area contributed by atoms with E-state index in [9.17, 15) is 137 Å². The Morgan fingerprint density at radius 2 is 1.09 bits per heavy atom. The number of hydrogen-bond donors (Lipinski definition) is 21. The van der Waals surface area contributed by atoms with Gasteiger partial charge in [-0.1, -0.05) is 42.0 Å². The number of aliphatic hydroxyl groups is 10. The number of aliphatic hydroxyl groups excluding tert-OH is 10. The second kappa shape index (κ2) is 52.6. The first-order valence-electron chi connectivity index (χ1n) is 37.5. The number of carbonyl (C=O) groups is 13. The first-order chi connectivity index (χ1) is 54.2. The summed E-state index contributed by atoms with van der Waals surface area (Å²) >= 11 is 3.86. The smallest absolute Gasteiger partial charge is 0.416 e. The Morgan fingerprint density at radius 3 is 1.60 bits per heavy atom.